The Hall–Kier alpha value is -0.220. The van der Waals surface area contributed by atoms with Crippen LogP contribution >= 0.6 is 24.4 Å². The van der Waals surface area contributed by atoms with Gasteiger partial charge in [-0.2, -0.15) is 0 Å². The molecule has 0 radical (unpaired) electrons. The van der Waals surface area contributed by atoms with E-state index in [0.717, 1.165) is 0 Å². The van der Waals surface area contributed by atoms with Gasteiger partial charge in [0, 0.05) is 19.1 Å². The highest BCUT2D eigenvalue weighted by atomic mass is 32.1. The maximum Gasteiger partial charge on any atom is 0.358 e. The summed E-state index contributed by atoms with van der Waals surface area (Å²) in [5.74, 6) is 0. The van der Waals surface area contributed by atoms with Gasteiger partial charge in [-0.05, 0) is 33.0 Å². The highest BCUT2D eigenvalue weighted by Gasteiger charge is 2.14. The molecule has 0 saturated heterocycles. The molecule has 0 aliphatic carbocycles. The molecule has 0 aromatic carbocycles. The van der Waals surface area contributed by atoms with Crippen LogP contribution in [0.3, 0.4) is 0 Å². The molecule has 0 aromatic rings. The third kappa shape index (κ3) is 7.68. The lowest BCUT2D eigenvalue weighted by Crippen LogP contribution is -2.24. The average Bonchev–Trinajstić information content (AvgIpc) is 1.53. The molecule has 11 heavy (non-hydrogen) atoms. The van der Waals surface area contributed by atoms with E-state index >= 15 is 0 Å². The molecule has 0 N–H and O–H groups in total. The normalized spacial score (nSPS) is 10.5. The Labute approximate surface area is 77.9 Å². The van der Waals surface area contributed by atoms with Crippen LogP contribution in [-0.2, 0) is 9.47 Å². The molecule has 0 unspecified atom stereocenters. The van der Waals surface area contributed by atoms with E-state index in [2.05, 4.69) is 12.2 Å². The van der Waals surface area contributed by atoms with E-state index in [4.69, 9.17) is 21.7 Å². The number of rotatable bonds is 0. The molecule has 0 heterocycles. The summed E-state index contributed by atoms with van der Waals surface area (Å²) in [6.07, 6.45) is 0. The van der Waals surface area contributed by atoms with Gasteiger partial charge >= 0.3 is 5.24 Å². The molecular formula is C7H12O2S2. The fourth-order valence-electron chi connectivity index (χ4n) is 0.388. The molecule has 2 nitrogen and oxygen atoms in total. The molecule has 64 valence electrons. The standard InChI is InChI=1S/C7H12O2S2/c1-5(10)8-6(11)9-7(2,3)4/h1-4H3. The Morgan fingerprint density at radius 3 is 1.91 bits per heavy atom. The van der Waals surface area contributed by atoms with Crippen LogP contribution in [0.25, 0.3) is 0 Å². The number of thiocarbonyl (C=S) groups is 2. The molecule has 4 heteroatoms. The van der Waals surface area contributed by atoms with Crippen LogP contribution in [0.5, 0.6) is 0 Å². The van der Waals surface area contributed by atoms with Crippen LogP contribution in [-0.4, -0.2) is 15.9 Å². The summed E-state index contributed by atoms with van der Waals surface area (Å²) in [7, 11) is 0. The minimum Gasteiger partial charge on any atom is -0.451 e. The summed E-state index contributed by atoms with van der Waals surface area (Å²) in [4.78, 5) is 0. The Bertz CT molecular complexity index is 170. The first kappa shape index (κ1) is 10.8. The van der Waals surface area contributed by atoms with Gasteiger partial charge in [0.25, 0.3) is 0 Å². The predicted octanol–water partition coefficient (Wildman–Crippen LogP) is 2.45. The second kappa shape index (κ2) is 3.97. The fraction of sp³-hybridized carbons (Fsp3) is 0.714. The molecule has 0 fully saturated rings. The maximum absolute atomic E-state index is 5.17. The third-order valence-electron chi connectivity index (χ3n) is 0.617. The SMILES string of the molecule is CC(=S)OC(=S)OC(C)(C)C. The monoisotopic (exact) mass is 192 g/mol. The van der Waals surface area contributed by atoms with E-state index in [9.17, 15) is 0 Å². The summed E-state index contributed by atoms with van der Waals surface area (Å²) in [6.45, 7) is 7.32. The Morgan fingerprint density at radius 1 is 1.18 bits per heavy atom. The first-order chi connectivity index (χ1) is 4.81. The average molecular weight is 192 g/mol. The van der Waals surface area contributed by atoms with Crippen molar-refractivity contribution in [1.82, 2.24) is 0 Å². The van der Waals surface area contributed by atoms with Crippen molar-refractivity contribution in [3.8, 4) is 0 Å². The maximum atomic E-state index is 5.17. The van der Waals surface area contributed by atoms with Gasteiger partial charge in [-0.3, -0.25) is 0 Å². The second-order valence-electron chi connectivity index (χ2n) is 3.06. The van der Waals surface area contributed by atoms with E-state index in [1.54, 1.807) is 6.92 Å². The van der Waals surface area contributed by atoms with Crippen LogP contribution in [0.15, 0.2) is 0 Å². The molecule has 0 saturated carbocycles. The molecule has 0 spiro atoms. The van der Waals surface area contributed by atoms with Crippen LogP contribution in [0, 0.1) is 0 Å². The van der Waals surface area contributed by atoms with Gasteiger partial charge in [0.05, 0.1) is 0 Å². The molecule has 0 aliphatic heterocycles. The summed E-state index contributed by atoms with van der Waals surface area (Å²) in [6, 6.07) is 0. The second-order valence-corrected chi connectivity index (χ2v) is 3.97. The summed E-state index contributed by atoms with van der Waals surface area (Å²) < 4.78 is 10.0. The fourth-order valence-corrected chi connectivity index (χ4v) is 0.892. The van der Waals surface area contributed by atoms with Gasteiger partial charge in [0.1, 0.15) is 5.60 Å². The van der Waals surface area contributed by atoms with Crippen LogP contribution in [0.2, 0.25) is 0 Å². The van der Waals surface area contributed by atoms with Gasteiger partial charge < -0.3 is 9.47 Å². The van der Waals surface area contributed by atoms with Crippen molar-refractivity contribution in [3.05, 3.63) is 0 Å². The number of hydrogen-bond donors (Lipinski definition) is 0. The minimum atomic E-state index is -0.318. The number of hydrogen-bond acceptors (Lipinski definition) is 4. The van der Waals surface area contributed by atoms with Gasteiger partial charge in [-0.1, -0.05) is 0 Å². The van der Waals surface area contributed by atoms with Gasteiger partial charge in [-0.15, -0.1) is 0 Å². The highest BCUT2D eigenvalue weighted by molar-refractivity contribution is 7.81. The van der Waals surface area contributed by atoms with Crippen LogP contribution in [0.1, 0.15) is 27.7 Å². The zero-order valence-corrected chi connectivity index (χ0v) is 8.77. The Kier molecular flexibility index (Phi) is 3.89. The van der Waals surface area contributed by atoms with E-state index in [1.165, 1.54) is 0 Å². The van der Waals surface area contributed by atoms with Crippen molar-refractivity contribution < 1.29 is 9.47 Å². The smallest absolute Gasteiger partial charge is 0.358 e. The van der Waals surface area contributed by atoms with E-state index in [-0.39, 0.29) is 10.8 Å². The lowest BCUT2D eigenvalue weighted by Gasteiger charge is -2.20. The third-order valence-corrected chi connectivity index (χ3v) is 0.867. The zero-order valence-electron chi connectivity index (χ0n) is 7.13. The minimum absolute atomic E-state index is 0.0880. The van der Waals surface area contributed by atoms with Gasteiger partial charge in [0.15, 0.2) is 5.05 Å². The number of ether oxygens (including phenoxy) is 2. The topological polar surface area (TPSA) is 18.5 Å². The van der Waals surface area contributed by atoms with Crippen molar-refractivity contribution in [2.75, 3.05) is 0 Å². The first-order valence-corrected chi connectivity index (χ1v) is 4.04. The van der Waals surface area contributed by atoms with Crippen molar-refractivity contribution in [2.45, 2.75) is 33.3 Å². The van der Waals surface area contributed by atoms with E-state index < -0.39 is 0 Å². The molecule has 0 aliphatic rings. The van der Waals surface area contributed by atoms with Crippen LogP contribution in [0.4, 0.5) is 0 Å². The van der Waals surface area contributed by atoms with Crippen molar-refractivity contribution in [1.29, 1.82) is 0 Å². The van der Waals surface area contributed by atoms with E-state index in [0.29, 0.717) is 5.05 Å². The van der Waals surface area contributed by atoms with Crippen molar-refractivity contribution in [3.63, 3.8) is 0 Å². The zero-order chi connectivity index (χ0) is 9.07. The quantitative estimate of drug-likeness (QED) is 0.548. The molecule has 0 bridgehead atoms. The van der Waals surface area contributed by atoms with Crippen LogP contribution < -0.4 is 0 Å². The molecule has 0 aromatic heterocycles. The Balaban J connectivity index is 3.80. The molecule has 0 amide bonds. The summed E-state index contributed by atoms with van der Waals surface area (Å²) in [5, 5.41) is 0.462. The van der Waals surface area contributed by atoms with Crippen molar-refractivity contribution >= 4 is 34.7 Å². The summed E-state index contributed by atoms with van der Waals surface area (Å²) in [5.41, 5.74) is -0.318. The first-order valence-electron chi connectivity index (χ1n) is 3.22. The lowest BCUT2D eigenvalue weighted by atomic mass is 10.2. The van der Waals surface area contributed by atoms with Gasteiger partial charge in [-0.25, -0.2) is 0 Å². The molecular weight excluding hydrogens is 180 g/mol. The molecule has 0 atom stereocenters. The lowest BCUT2D eigenvalue weighted by molar-refractivity contribution is 0.0905. The van der Waals surface area contributed by atoms with Crippen molar-refractivity contribution in [2.24, 2.45) is 0 Å². The largest absolute Gasteiger partial charge is 0.451 e. The summed E-state index contributed by atoms with van der Waals surface area (Å²) >= 11 is 9.42. The predicted molar refractivity (Wildman–Crippen MR) is 52.8 cm³/mol. The molecule has 0 rings (SSSR count). The van der Waals surface area contributed by atoms with Gasteiger partial charge in [0.2, 0.25) is 0 Å². The Morgan fingerprint density at radius 2 is 1.64 bits per heavy atom. The van der Waals surface area contributed by atoms with E-state index in [1.807, 2.05) is 20.8 Å². The highest BCUT2D eigenvalue weighted by Crippen LogP contribution is 2.08.